The van der Waals surface area contributed by atoms with E-state index in [2.05, 4.69) is 16.9 Å². The molecule has 1 aromatic heterocycles. The van der Waals surface area contributed by atoms with Gasteiger partial charge in [0.1, 0.15) is 0 Å². The van der Waals surface area contributed by atoms with Crippen LogP contribution in [-0.2, 0) is 16.0 Å². The molecule has 0 N–H and O–H groups in total. The minimum Gasteiger partial charge on any atom is -0.466 e. The van der Waals surface area contributed by atoms with Crippen LogP contribution in [0.1, 0.15) is 51.1 Å². The summed E-state index contributed by atoms with van der Waals surface area (Å²) in [5, 5.41) is 3.00. The highest BCUT2D eigenvalue weighted by atomic mass is 32.1. The highest BCUT2D eigenvalue weighted by Crippen LogP contribution is 2.27. The fraction of sp³-hybridized carbons (Fsp3) is 0.733. The highest BCUT2D eigenvalue weighted by molar-refractivity contribution is 7.13. The molecule has 1 aliphatic rings. The van der Waals surface area contributed by atoms with Crippen LogP contribution in [0.15, 0.2) is 5.38 Å². The van der Waals surface area contributed by atoms with Crippen LogP contribution in [0.4, 0.5) is 5.13 Å². The van der Waals surface area contributed by atoms with E-state index in [1.807, 2.05) is 12.3 Å². The zero-order valence-corrected chi connectivity index (χ0v) is 13.2. The molecule has 1 aliphatic carbocycles. The zero-order valence-electron chi connectivity index (χ0n) is 12.4. The third-order valence-electron chi connectivity index (χ3n) is 3.84. The van der Waals surface area contributed by atoms with Gasteiger partial charge in [-0.1, -0.05) is 25.7 Å². The van der Waals surface area contributed by atoms with Crippen LogP contribution in [0.2, 0.25) is 0 Å². The standard InChI is InChI=1S/C15H24N2O2S/c1-3-19-14(18)10-12-11-20-15(16-12)17(2)13-8-6-4-5-7-9-13/h11,13H,3-10H2,1-2H3. The third-order valence-corrected chi connectivity index (χ3v) is 4.82. The van der Waals surface area contributed by atoms with Crippen LogP contribution in [-0.4, -0.2) is 30.6 Å². The van der Waals surface area contributed by atoms with E-state index in [4.69, 9.17) is 4.74 Å². The molecule has 20 heavy (non-hydrogen) atoms. The Bertz CT molecular complexity index is 425. The van der Waals surface area contributed by atoms with Gasteiger partial charge < -0.3 is 9.64 Å². The van der Waals surface area contributed by atoms with Crippen molar-refractivity contribution in [1.82, 2.24) is 4.98 Å². The van der Waals surface area contributed by atoms with Crippen LogP contribution >= 0.6 is 11.3 Å². The van der Waals surface area contributed by atoms with E-state index in [0.717, 1.165) is 10.8 Å². The maximum Gasteiger partial charge on any atom is 0.311 e. The van der Waals surface area contributed by atoms with Gasteiger partial charge in [-0.2, -0.15) is 0 Å². The van der Waals surface area contributed by atoms with E-state index in [1.54, 1.807) is 11.3 Å². The predicted molar refractivity (Wildman–Crippen MR) is 82.3 cm³/mol. The number of rotatable bonds is 5. The summed E-state index contributed by atoms with van der Waals surface area (Å²) in [6, 6.07) is 0.596. The summed E-state index contributed by atoms with van der Waals surface area (Å²) in [4.78, 5) is 18.3. The molecule has 5 heteroatoms. The quantitative estimate of drug-likeness (QED) is 0.617. The van der Waals surface area contributed by atoms with E-state index in [9.17, 15) is 4.79 Å². The van der Waals surface area contributed by atoms with Crippen molar-refractivity contribution >= 4 is 22.4 Å². The lowest BCUT2D eigenvalue weighted by Crippen LogP contribution is -2.30. The Balaban J connectivity index is 1.94. The summed E-state index contributed by atoms with van der Waals surface area (Å²) < 4.78 is 4.96. The summed E-state index contributed by atoms with van der Waals surface area (Å²) in [7, 11) is 2.13. The van der Waals surface area contributed by atoms with Crippen LogP contribution < -0.4 is 4.90 Å². The molecule has 1 heterocycles. The van der Waals surface area contributed by atoms with Crippen molar-refractivity contribution in [2.24, 2.45) is 0 Å². The summed E-state index contributed by atoms with van der Waals surface area (Å²) >= 11 is 1.63. The largest absolute Gasteiger partial charge is 0.466 e. The fourth-order valence-electron chi connectivity index (χ4n) is 2.70. The maximum atomic E-state index is 11.5. The second-order valence-electron chi connectivity index (χ2n) is 5.36. The minimum atomic E-state index is -0.193. The van der Waals surface area contributed by atoms with Gasteiger partial charge in [0.15, 0.2) is 5.13 Å². The summed E-state index contributed by atoms with van der Waals surface area (Å²) in [5.74, 6) is -0.193. The Kier molecular flexibility index (Phi) is 5.83. The molecule has 0 aromatic carbocycles. The van der Waals surface area contributed by atoms with Gasteiger partial charge in [0.05, 0.1) is 18.7 Å². The van der Waals surface area contributed by atoms with Crippen molar-refractivity contribution < 1.29 is 9.53 Å². The van der Waals surface area contributed by atoms with Gasteiger partial charge in [-0.05, 0) is 19.8 Å². The molecule has 2 rings (SSSR count). The van der Waals surface area contributed by atoms with E-state index < -0.39 is 0 Å². The first-order chi connectivity index (χ1) is 9.70. The van der Waals surface area contributed by atoms with Crippen LogP contribution in [0, 0.1) is 0 Å². The molecule has 0 bridgehead atoms. The summed E-state index contributed by atoms with van der Waals surface area (Å²) in [6.45, 7) is 2.25. The number of hydrogen-bond acceptors (Lipinski definition) is 5. The van der Waals surface area contributed by atoms with Gasteiger partial charge in [0, 0.05) is 18.5 Å². The average Bonchev–Trinajstić information content (AvgIpc) is 2.72. The molecule has 112 valence electrons. The SMILES string of the molecule is CCOC(=O)Cc1csc(N(C)C2CCCCCC2)n1. The zero-order chi connectivity index (χ0) is 14.4. The van der Waals surface area contributed by atoms with Gasteiger partial charge in [0.25, 0.3) is 0 Å². The minimum absolute atomic E-state index is 0.193. The smallest absolute Gasteiger partial charge is 0.311 e. The van der Waals surface area contributed by atoms with Crippen molar-refractivity contribution in [2.75, 3.05) is 18.6 Å². The average molecular weight is 296 g/mol. The van der Waals surface area contributed by atoms with Crippen molar-refractivity contribution in [3.05, 3.63) is 11.1 Å². The highest BCUT2D eigenvalue weighted by Gasteiger charge is 2.20. The monoisotopic (exact) mass is 296 g/mol. The molecular formula is C15H24N2O2S. The van der Waals surface area contributed by atoms with E-state index in [-0.39, 0.29) is 12.4 Å². The van der Waals surface area contributed by atoms with Gasteiger partial charge in [-0.15, -0.1) is 11.3 Å². The lowest BCUT2D eigenvalue weighted by Gasteiger charge is -2.26. The molecule has 0 amide bonds. The van der Waals surface area contributed by atoms with Gasteiger partial charge in [0.2, 0.25) is 0 Å². The Morgan fingerprint density at radius 2 is 2.10 bits per heavy atom. The topological polar surface area (TPSA) is 42.4 Å². The Labute approximate surface area is 125 Å². The van der Waals surface area contributed by atoms with E-state index >= 15 is 0 Å². The molecule has 0 spiro atoms. The molecule has 0 saturated heterocycles. The van der Waals surface area contributed by atoms with E-state index in [1.165, 1.54) is 38.5 Å². The van der Waals surface area contributed by atoms with E-state index in [0.29, 0.717) is 12.6 Å². The van der Waals surface area contributed by atoms with Crippen LogP contribution in [0.3, 0.4) is 0 Å². The van der Waals surface area contributed by atoms with Crippen LogP contribution in [0.5, 0.6) is 0 Å². The number of esters is 1. The molecule has 0 radical (unpaired) electrons. The predicted octanol–water partition coefficient (Wildman–Crippen LogP) is 3.41. The number of anilines is 1. The van der Waals surface area contributed by atoms with Crippen molar-refractivity contribution in [1.29, 1.82) is 0 Å². The first kappa shape index (κ1) is 15.3. The number of nitrogens with zero attached hydrogens (tertiary/aromatic N) is 2. The molecule has 4 nitrogen and oxygen atoms in total. The second-order valence-corrected chi connectivity index (χ2v) is 6.20. The Hall–Kier alpha value is -1.10. The summed E-state index contributed by atoms with van der Waals surface area (Å²) in [5.41, 5.74) is 0.823. The van der Waals surface area contributed by atoms with Gasteiger partial charge >= 0.3 is 5.97 Å². The number of carbonyl (C=O) groups excluding carboxylic acids is 1. The molecular weight excluding hydrogens is 272 g/mol. The fourth-order valence-corrected chi connectivity index (χ4v) is 3.56. The molecule has 1 fully saturated rings. The Morgan fingerprint density at radius 1 is 1.40 bits per heavy atom. The van der Waals surface area contributed by atoms with Gasteiger partial charge in [-0.25, -0.2) is 4.98 Å². The van der Waals surface area contributed by atoms with Gasteiger partial charge in [-0.3, -0.25) is 4.79 Å². The first-order valence-corrected chi connectivity index (χ1v) is 8.41. The normalized spacial score (nSPS) is 16.7. The lowest BCUT2D eigenvalue weighted by molar-refractivity contribution is -0.142. The van der Waals surface area contributed by atoms with Crippen molar-refractivity contribution in [3.63, 3.8) is 0 Å². The molecule has 1 aromatic rings. The molecule has 0 unspecified atom stereocenters. The number of carbonyl (C=O) groups is 1. The molecule has 1 saturated carbocycles. The lowest BCUT2D eigenvalue weighted by atomic mass is 10.1. The third kappa shape index (κ3) is 4.20. The molecule has 0 atom stereocenters. The maximum absolute atomic E-state index is 11.5. The number of ether oxygens (including phenoxy) is 1. The number of aromatic nitrogens is 1. The van der Waals surface area contributed by atoms with Crippen molar-refractivity contribution in [3.8, 4) is 0 Å². The van der Waals surface area contributed by atoms with Crippen molar-refractivity contribution in [2.45, 2.75) is 57.9 Å². The Morgan fingerprint density at radius 3 is 2.75 bits per heavy atom. The van der Waals surface area contributed by atoms with Crippen LogP contribution in [0.25, 0.3) is 0 Å². The first-order valence-electron chi connectivity index (χ1n) is 7.53. The molecule has 0 aliphatic heterocycles. The number of hydrogen-bond donors (Lipinski definition) is 0. The second kappa shape index (κ2) is 7.62. The summed E-state index contributed by atoms with van der Waals surface area (Å²) in [6.07, 6.45) is 8.13. The number of thiazole rings is 1.